The lowest BCUT2D eigenvalue weighted by atomic mass is 10.1. The third-order valence-electron chi connectivity index (χ3n) is 4.90. The van der Waals surface area contributed by atoms with Crippen LogP contribution in [-0.4, -0.2) is 43.3 Å². The number of rotatable bonds is 16. The van der Waals surface area contributed by atoms with E-state index in [4.69, 9.17) is 14.2 Å². The van der Waals surface area contributed by atoms with Gasteiger partial charge in [-0.2, -0.15) is 4.90 Å². The van der Waals surface area contributed by atoms with Gasteiger partial charge in [0.05, 0.1) is 20.3 Å². The number of imide groups is 1. The van der Waals surface area contributed by atoms with Gasteiger partial charge in [-0.15, -0.1) is 0 Å². The van der Waals surface area contributed by atoms with Crippen LogP contribution in [0.4, 0.5) is 10.6 Å². The van der Waals surface area contributed by atoms with Crippen LogP contribution in [-0.2, 0) is 19.1 Å². The molecule has 1 heterocycles. The molecule has 0 aliphatic rings. The summed E-state index contributed by atoms with van der Waals surface area (Å²) in [5.74, 6) is -0.289. The summed E-state index contributed by atoms with van der Waals surface area (Å²) in [4.78, 5) is 41.8. The van der Waals surface area contributed by atoms with Crippen molar-refractivity contribution in [3.63, 3.8) is 0 Å². The topological polar surface area (TPSA) is 95.0 Å². The van der Waals surface area contributed by atoms with E-state index in [9.17, 15) is 14.4 Å². The van der Waals surface area contributed by atoms with E-state index < -0.39 is 6.09 Å². The molecule has 8 nitrogen and oxygen atoms in total. The molecular formula is C24H38N2O6. The smallest absolute Gasteiger partial charge is 0.422 e. The first-order chi connectivity index (χ1) is 15.5. The molecule has 32 heavy (non-hydrogen) atoms. The zero-order chi connectivity index (χ0) is 23.6. The minimum Gasteiger partial charge on any atom is -0.490 e. The Morgan fingerprint density at radius 1 is 0.938 bits per heavy atom. The molecule has 0 aromatic carbocycles. The maximum atomic E-state index is 12.8. The second-order valence-electron chi connectivity index (χ2n) is 7.51. The van der Waals surface area contributed by atoms with Crippen LogP contribution >= 0.6 is 0 Å². The van der Waals surface area contributed by atoms with E-state index in [0.717, 1.165) is 17.7 Å². The van der Waals surface area contributed by atoms with Gasteiger partial charge in [-0.3, -0.25) is 9.59 Å². The number of pyridine rings is 1. The number of amides is 2. The van der Waals surface area contributed by atoms with Crippen LogP contribution in [0.1, 0.15) is 84.5 Å². The number of ether oxygens (including phenoxy) is 3. The van der Waals surface area contributed by atoms with Gasteiger partial charge in [-0.05, 0) is 31.9 Å². The Hall–Kier alpha value is -2.64. The molecular weight excluding hydrogens is 412 g/mol. The minimum absolute atomic E-state index is 0.0973. The van der Waals surface area contributed by atoms with Crippen molar-refractivity contribution < 1.29 is 28.6 Å². The molecule has 180 valence electrons. The number of esters is 1. The molecule has 0 unspecified atom stereocenters. The Kier molecular flexibility index (Phi) is 14.5. The number of methoxy groups -OCH3 is 1. The van der Waals surface area contributed by atoms with Crippen molar-refractivity contribution in [2.24, 2.45) is 0 Å². The summed E-state index contributed by atoms with van der Waals surface area (Å²) in [6.45, 7) is 4.50. The first kappa shape index (κ1) is 27.4. The number of unbranched alkanes of at least 4 members (excludes halogenated alkanes) is 7. The Balaban J connectivity index is 2.64. The number of hydrogen-bond donors (Lipinski definition) is 0. The molecule has 0 aliphatic carbocycles. The highest BCUT2D eigenvalue weighted by molar-refractivity contribution is 6.12. The first-order valence-electron chi connectivity index (χ1n) is 11.7. The Labute approximate surface area is 191 Å². The van der Waals surface area contributed by atoms with Crippen molar-refractivity contribution >= 4 is 23.8 Å². The zero-order valence-electron chi connectivity index (χ0n) is 19.8. The molecule has 0 aliphatic heterocycles. The summed E-state index contributed by atoms with van der Waals surface area (Å²) in [6.07, 6.45) is 10.4. The number of carbonyl (C=O) groups is 3. The molecule has 0 atom stereocenters. The lowest BCUT2D eigenvalue weighted by Gasteiger charge is -2.21. The summed E-state index contributed by atoms with van der Waals surface area (Å²) in [7, 11) is 1.22. The van der Waals surface area contributed by atoms with Gasteiger partial charge in [-0.25, -0.2) is 9.78 Å². The maximum Gasteiger partial charge on any atom is 0.422 e. The summed E-state index contributed by atoms with van der Waals surface area (Å²) < 4.78 is 15.4. The molecule has 0 bridgehead atoms. The van der Waals surface area contributed by atoms with Gasteiger partial charge in [0.15, 0.2) is 11.6 Å². The average Bonchev–Trinajstić information content (AvgIpc) is 2.79. The van der Waals surface area contributed by atoms with E-state index in [0.29, 0.717) is 19.4 Å². The van der Waals surface area contributed by atoms with Crippen LogP contribution in [0.2, 0.25) is 0 Å². The molecule has 2 amide bonds. The van der Waals surface area contributed by atoms with Gasteiger partial charge in [0, 0.05) is 19.0 Å². The predicted molar refractivity (Wildman–Crippen MR) is 123 cm³/mol. The largest absolute Gasteiger partial charge is 0.490 e. The highest BCUT2D eigenvalue weighted by Gasteiger charge is 2.28. The van der Waals surface area contributed by atoms with Crippen LogP contribution in [0.15, 0.2) is 18.3 Å². The molecule has 1 aromatic rings. The molecule has 8 heteroatoms. The monoisotopic (exact) mass is 450 g/mol. The highest BCUT2D eigenvalue weighted by Crippen LogP contribution is 2.27. The van der Waals surface area contributed by atoms with Crippen molar-refractivity contribution in [3.8, 4) is 5.75 Å². The van der Waals surface area contributed by atoms with Gasteiger partial charge in [0.25, 0.3) is 0 Å². The number of hydrogen-bond acceptors (Lipinski definition) is 7. The molecule has 0 saturated heterocycles. The summed E-state index contributed by atoms with van der Waals surface area (Å²) in [5, 5.41) is 0. The molecule has 0 saturated carbocycles. The molecule has 0 spiro atoms. The number of aromatic nitrogens is 1. The summed E-state index contributed by atoms with van der Waals surface area (Å²) in [6, 6.07) is 3.29. The fourth-order valence-electron chi connectivity index (χ4n) is 3.21. The van der Waals surface area contributed by atoms with E-state index in [1.807, 2.05) is 0 Å². The average molecular weight is 451 g/mol. The Bertz CT molecular complexity index is 695. The van der Waals surface area contributed by atoms with E-state index in [1.54, 1.807) is 19.1 Å². The molecule has 1 aromatic heterocycles. The molecule has 0 radical (unpaired) electrons. The van der Waals surface area contributed by atoms with E-state index >= 15 is 0 Å². The number of carbonyl (C=O) groups excluding carboxylic acids is 3. The second-order valence-corrected chi connectivity index (χ2v) is 7.51. The first-order valence-corrected chi connectivity index (χ1v) is 11.7. The van der Waals surface area contributed by atoms with E-state index in [1.165, 1.54) is 45.4 Å². The zero-order valence-corrected chi connectivity index (χ0v) is 19.8. The predicted octanol–water partition coefficient (Wildman–Crippen LogP) is 5.43. The fraction of sp³-hybridized carbons (Fsp3) is 0.667. The van der Waals surface area contributed by atoms with Crippen molar-refractivity contribution in [3.05, 3.63) is 18.3 Å². The van der Waals surface area contributed by atoms with Crippen LogP contribution < -0.4 is 9.64 Å². The van der Waals surface area contributed by atoms with E-state index in [-0.39, 0.29) is 42.9 Å². The molecule has 0 fully saturated rings. The Morgan fingerprint density at radius 3 is 2.28 bits per heavy atom. The number of anilines is 1. The van der Waals surface area contributed by atoms with Crippen molar-refractivity contribution in [2.45, 2.75) is 84.5 Å². The summed E-state index contributed by atoms with van der Waals surface area (Å²) >= 11 is 0. The fourth-order valence-corrected chi connectivity index (χ4v) is 3.21. The van der Waals surface area contributed by atoms with E-state index in [2.05, 4.69) is 11.9 Å². The van der Waals surface area contributed by atoms with Crippen LogP contribution in [0.5, 0.6) is 5.75 Å². The third-order valence-corrected chi connectivity index (χ3v) is 4.90. The van der Waals surface area contributed by atoms with Crippen LogP contribution in [0, 0.1) is 0 Å². The molecule has 1 rings (SSSR count). The van der Waals surface area contributed by atoms with Gasteiger partial charge < -0.3 is 14.2 Å². The molecule has 0 N–H and O–H groups in total. The quantitative estimate of drug-likeness (QED) is 0.245. The van der Waals surface area contributed by atoms with Gasteiger partial charge in [0.1, 0.15) is 0 Å². The van der Waals surface area contributed by atoms with Gasteiger partial charge in [-0.1, -0.05) is 51.9 Å². The Morgan fingerprint density at radius 2 is 1.62 bits per heavy atom. The van der Waals surface area contributed by atoms with Crippen molar-refractivity contribution in [1.29, 1.82) is 0 Å². The SMILES string of the molecule is CCCCCCCCCCC(=O)N(C(=O)OC)c1ncccc1OCCCC(=O)OCC. The second kappa shape index (κ2) is 17.0. The highest BCUT2D eigenvalue weighted by atomic mass is 16.5. The maximum absolute atomic E-state index is 12.8. The van der Waals surface area contributed by atoms with Crippen LogP contribution in [0.25, 0.3) is 0 Å². The minimum atomic E-state index is -0.801. The lowest BCUT2D eigenvalue weighted by molar-refractivity contribution is -0.143. The lowest BCUT2D eigenvalue weighted by Crippen LogP contribution is -2.37. The normalized spacial score (nSPS) is 10.5. The van der Waals surface area contributed by atoms with Gasteiger partial charge >= 0.3 is 12.1 Å². The third kappa shape index (κ3) is 10.6. The van der Waals surface area contributed by atoms with Crippen molar-refractivity contribution in [1.82, 2.24) is 4.98 Å². The van der Waals surface area contributed by atoms with Gasteiger partial charge in [0.2, 0.25) is 5.91 Å². The van der Waals surface area contributed by atoms with Crippen LogP contribution in [0.3, 0.4) is 0 Å². The standard InChI is InChI=1S/C24H38N2O6/c1-4-6-7-8-9-10-11-12-16-21(27)26(24(29)30-3)23-20(15-13-18-25-23)32-19-14-17-22(28)31-5-2/h13,15,18H,4-12,14,16-17,19H2,1-3H3. The summed E-state index contributed by atoms with van der Waals surface area (Å²) in [5.41, 5.74) is 0. The number of nitrogens with zero attached hydrogens (tertiary/aromatic N) is 2. The van der Waals surface area contributed by atoms with Crippen molar-refractivity contribution in [2.75, 3.05) is 25.2 Å².